The third-order valence-corrected chi connectivity index (χ3v) is 14.9. The Hall–Kier alpha value is -0.483. The molecule has 1 saturated heterocycles. The second-order valence-corrected chi connectivity index (χ2v) is 17.3. The average molecular weight is 619 g/mol. The van der Waals surface area contributed by atoms with Crippen LogP contribution in [0, 0.1) is 11.8 Å². The smallest absolute Gasteiger partial charge is 0.200 e. The van der Waals surface area contributed by atoms with Crippen molar-refractivity contribution in [3.05, 3.63) is 29.8 Å². The van der Waals surface area contributed by atoms with Crippen molar-refractivity contribution in [3.8, 4) is 5.75 Å². The molecule has 0 bridgehead atoms. The molecule has 7 heteroatoms. The number of ether oxygens (including phenoxy) is 3. The van der Waals surface area contributed by atoms with Gasteiger partial charge in [0.1, 0.15) is 12.0 Å². The van der Waals surface area contributed by atoms with Crippen molar-refractivity contribution in [2.24, 2.45) is 11.8 Å². The van der Waals surface area contributed by atoms with Gasteiger partial charge in [0.2, 0.25) is 8.32 Å². The van der Waals surface area contributed by atoms with Crippen LogP contribution in [0.2, 0.25) is 16.6 Å². The van der Waals surface area contributed by atoms with Crippen LogP contribution < -0.4 is 4.74 Å². The summed E-state index contributed by atoms with van der Waals surface area (Å²) < 4.78 is 26.1. The van der Waals surface area contributed by atoms with Crippen molar-refractivity contribution in [3.63, 3.8) is 0 Å². The van der Waals surface area contributed by atoms with Crippen LogP contribution in [0.1, 0.15) is 66.9 Å². The van der Waals surface area contributed by atoms with Gasteiger partial charge in [-0.1, -0.05) is 83.2 Å². The number of methoxy groups -OCH3 is 1. The van der Waals surface area contributed by atoms with Crippen LogP contribution in [0.15, 0.2) is 24.3 Å². The van der Waals surface area contributed by atoms with Crippen molar-refractivity contribution in [2.45, 2.75) is 103 Å². The molecular weight excluding hydrogens is 571 g/mol. The zero-order valence-electron chi connectivity index (χ0n) is 23.0. The lowest BCUT2D eigenvalue weighted by molar-refractivity contribution is -0.114. The number of aldehydes is 1. The van der Waals surface area contributed by atoms with E-state index in [1.54, 1.807) is 7.11 Å². The monoisotopic (exact) mass is 618 g/mol. The molecule has 0 aliphatic carbocycles. The van der Waals surface area contributed by atoms with Crippen molar-refractivity contribution < 1.29 is 23.4 Å². The number of carbonyl (C=O) groups is 1. The predicted molar refractivity (Wildman–Crippen MR) is 154 cm³/mol. The van der Waals surface area contributed by atoms with Gasteiger partial charge < -0.3 is 23.4 Å². The molecule has 5 atom stereocenters. The van der Waals surface area contributed by atoms with Crippen LogP contribution in [-0.2, 0) is 25.3 Å². The molecule has 0 aromatic heterocycles. The maximum absolute atomic E-state index is 12.0. The molecular formula is C28H47IO5Si. The van der Waals surface area contributed by atoms with Crippen molar-refractivity contribution >= 4 is 37.2 Å². The highest BCUT2D eigenvalue weighted by Gasteiger charge is 2.48. The molecule has 2 rings (SSSR count). The fourth-order valence-corrected chi connectivity index (χ4v) is 12.0. The molecule has 0 saturated carbocycles. The molecule has 0 radical (unpaired) electrons. The van der Waals surface area contributed by atoms with E-state index in [0.29, 0.717) is 42.2 Å². The summed E-state index contributed by atoms with van der Waals surface area (Å²) in [4.78, 5) is 12.0. The van der Waals surface area contributed by atoms with Crippen molar-refractivity contribution in [1.29, 1.82) is 0 Å². The number of halogens is 1. The first-order chi connectivity index (χ1) is 16.6. The molecule has 1 aromatic carbocycles. The summed E-state index contributed by atoms with van der Waals surface area (Å²) >= 11 is 2.40. The van der Waals surface area contributed by atoms with E-state index in [-0.39, 0.29) is 24.2 Å². The first-order valence-electron chi connectivity index (χ1n) is 13.1. The summed E-state index contributed by atoms with van der Waals surface area (Å²) in [5.74, 6) is 0.948. The molecule has 0 unspecified atom stereocenters. The SMILES string of the molecule is COc1ccc(CO[C@@H](C[C@H](O[Si](C(C)C)(C(C)C)C(C)C)[C@@H](C)C=O)[C@H]2CO[C@H](CI)C2)cc1. The van der Waals surface area contributed by atoms with Crippen LogP contribution in [-0.4, -0.2) is 51.1 Å². The van der Waals surface area contributed by atoms with Crippen LogP contribution in [0.5, 0.6) is 5.75 Å². The molecule has 0 N–H and O–H groups in total. The van der Waals surface area contributed by atoms with Gasteiger partial charge in [-0.25, -0.2) is 0 Å². The third kappa shape index (κ3) is 8.00. The minimum Gasteiger partial charge on any atom is -0.497 e. The Morgan fingerprint density at radius 2 is 1.66 bits per heavy atom. The summed E-state index contributed by atoms with van der Waals surface area (Å²) in [6, 6.07) is 8.02. The lowest BCUT2D eigenvalue weighted by Crippen LogP contribution is -2.52. The lowest BCUT2D eigenvalue weighted by atomic mass is 9.91. The van der Waals surface area contributed by atoms with E-state index in [2.05, 4.69) is 64.1 Å². The van der Waals surface area contributed by atoms with Crippen molar-refractivity contribution in [2.75, 3.05) is 18.1 Å². The van der Waals surface area contributed by atoms with Gasteiger partial charge in [0.05, 0.1) is 38.6 Å². The van der Waals surface area contributed by atoms with Gasteiger partial charge >= 0.3 is 0 Å². The predicted octanol–water partition coefficient (Wildman–Crippen LogP) is 7.21. The largest absolute Gasteiger partial charge is 0.497 e. The summed E-state index contributed by atoms with van der Waals surface area (Å²) in [7, 11) is -0.480. The topological polar surface area (TPSA) is 54.0 Å². The van der Waals surface area contributed by atoms with Gasteiger partial charge in [0.25, 0.3) is 0 Å². The Bertz CT molecular complexity index is 732. The van der Waals surface area contributed by atoms with E-state index in [1.165, 1.54) is 0 Å². The van der Waals surface area contributed by atoms with E-state index in [1.807, 2.05) is 31.2 Å². The molecule has 0 spiro atoms. The zero-order chi connectivity index (χ0) is 26.2. The first kappa shape index (κ1) is 30.7. The molecule has 1 aromatic rings. The normalized spacial score (nSPS) is 21.5. The van der Waals surface area contributed by atoms with E-state index in [4.69, 9.17) is 18.6 Å². The maximum atomic E-state index is 12.0. The highest BCUT2D eigenvalue weighted by Crippen LogP contribution is 2.44. The van der Waals surface area contributed by atoms with E-state index < -0.39 is 8.32 Å². The van der Waals surface area contributed by atoms with Gasteiger partial charge in [-0.2, -0.15) is 0 Å². The second kappa shape index (κ2) is 14.5. The Morgan fingerprint density at radius 1 is 1.06 bits per heavy atom. The molecule has 1 aliphatic heterocycles. The standard InChI is InChI=1S/C28H47IO5Si/c1-19(2)35(20(3)4,21(5)6)34-27(22(7)16-30)14-28(24-13-26(15-29)32-18-24)33-17-23-9-11-25(31-8)12-10-23/h9-12,16,19-22,24,26-28H,13-15,17-18H2,1-8H3/t22-,24+,26-,27-,28-/m0/s1. The Kier molecular flexibility index (Phi) is 12.7. The van der Waals surface area contributed by atoms with Gasteiger partial charge in [-0.3, -0.25) is 0 Å². The summed E-state index contributed by atoms with van der Waals surface area (Å²) in [5.41, 5.74) is 2.48. The molecule has 1 heterocycles. The summed E-state index contributed by atoms with van der Waals surface area (Å²) in [6.45, 7) is 17.0. The molecule has 1 aliphatic rings. The Labute approximate surface area is 228 Å². The summed E-state index contributed by atoms with van der Waals surface area (Å²) in [6.07, 6.45) is 2.83. The summed E-state index contributed by atoms with van der Waals surface area (Å²) in [5, 5.41) is 0. The number of carbonyl (C=O) groups excluding carboxylic acids is 1. The Morgan fingerprint density at radius 3 is 2.11 bits per heavy atom. The maximum Gasteiger partial charge on any atom is 0.200 e. The number of rotatable bonds is 15. The van der Waals surface area contributed by atoms with Gasteiger partial charge in [0.15, 0.2) is 0 Å². The molecule has 1 fully saturated rings. The fraction of sp³-hybridized carbons (Fsp3) is 0.750. The zero-order valence-corrected chi connectivity index (χ0v) is 26.1. The minimum atomic E-state index is -2.15. The van der Waals surface area contributed by atoms with Crippen LogP contribution in [0.4, 0.5) is 0 Å². The first-order valence-corrected chi connectivity index (χ1v) is 16.8. The van der Waals surface area contributed by atoms with Gasteiger partial charge in [0, 0.05) is 16.3 Å². The lowest BCUT2D eigenvalue weighted by Gasteiger charge is -2.46. The molecule has 5 nitrogen and oxygen atoms in total. The van der Waals surface area contributed by atoms with Crippen molar-refractivity contribution in [1.82, 2.24) is 0 Å². The molecule has 200 valence electrons. The number of hydrogen-bond donors (Lipinski definition) is 0. The van der Waals surface area contributed by atoms with E-state index >= 15 is 0 Å². The third-order valence-electron chi connectivity index (χ3n) is 7.76. The highest BCUT2D eigenvalue weighted by molar-refractivity contribution is 14.1. The van der Waals surface area contributed by atoms with Crippen LogP contribution in [0.3, 0.4) is 0 Å². The van der Waals surface area contributed by atoms with E-state index in [9.17, 15) is 4.79 Å². The highest BCUT2D eigenvalue weighted by atomic mass is 127. The van der Waals surface area contributed by atoms with Crippen LogP contribution in [0.25, 0.3) is 0 Å². The number of alkyl halides is 1. The average Bonchev–Trinajstić information content (AvgIpc) is 3.32. The molecule has 35 heavy (non-hydrogen) atoms. The quantitative estimate of drug-likeness (QED) is 0.0901. The Balaban J connectivity index is 2.29. The number of hydrogen-bond acceptors (Lipinski definition) is 5. The fourth-order valence-electron chi connectivity index (χ4n) is 5.78. The van der Waals surface area contributed by atoms with E-state index in [0.717, 1.165) is 28.4 Å². The van der Waals surface area contributed by atoms with Gasteiger partial charge in [-0.05, 0) is 47.2 Å². The molecule has 0 amide bonds. The van der Waals surface area contributed by atoms with Crippen LogP contribution >= 0.6 is 22.6 Å². The second-order valence-electron chi connectivity index (χ2n) is 11.0. The van der Waals surface area contributed by atoms with Gasteiger partial charge in [-0.15, -0.1) is 0 Å². The minimum absolute atomic E-state index is 0.0318. The number of benzene rings is 1.